The van der Waals surface area contributed by atoms with Gasteiger partial charge in [0.25, 0.3) is 0 Å². The number of benzene rings is 1. The lowest BCUT2D eigenvalue weighted by Crippen LogP contribution is -1.96. The predicted octanol–water partition coefficient (Wildman–Crippen LogP) is 2.44. The zero-order chi connectivity index (χ0) is 11.7. The number of nitrogens with two attached hydrogens (primary N) is 1. The number of nitrogens with zero attached hydrogens (tertiary/aromatic N) is 2. The van der Waals surface area contributed by atoms with Gasteiger partial charge in [0.15, 0.2) is 5.82 Å². The van der Waals surface area contributed by atoms with Crippen LogP contribution in [0.5, 0.6) is 0 Å². The maximum atomic E-state index is 13.4. The highest BCUT2D eigenvalue weighted by atomic mass is 79.9. The van der Waals surface area contributed by atoms with E-state index in [9.17, 15) is 8.78 Å². The van der Waals surface area contributed by atoms with Gasteiger partial charge < -0.3 is 15.5 Å². The molecule has 0 unspecified atom stereocenters. The van der Waals surface area contributed by atoms with Crippen LogP contribution in [0.3, 0.4) is 0 Å². The molecular weight excluding hydrogens is 286 g/mol. The van der Waals surface area contributed by atoms with Crippen molar-refractivity contribution in [3.05, 3.63) is 28.2 Å². The first-order valence-corrected chi connectivity index (χ1v) is 4.86. The summed E-state index contributed by atoms with van der Waals surface area (Å²) in [5.74, 6) is -1.48. The molecule has 0 radical (unpaired) electrons. The lowest BCUT2D eigenvalue weighted by Gasteiger charge is -2.05. The Bertz CT molecular complexity index is 508. The van der Waals surface area contributed by atoms with Crippen LogP contribution in [0.1, 0.15) is 0 Å². The average molecular weight is 291 g/mol. The van der Waals surface area contributed by atoms with Crippen molar-refractivity contribution in [3.8, 4) is 0 Å². The van der Waals surface area contributed by atoms with E-state index in [1.54, 1.807) is 0 Å². The van der Waals surface area contributed by atoms with Crippen molar-refractivity contribution in [2.75, 3.05) is 11.1 Å². The number of aromatic nitrogens is 2. The summed E-state index contributed by atoms with van der Waals surface area (Å²) in [5.41, 5.74) is 5.18. The topological polar surface area (TPSA) is 77.0 Å². The SMILES string of the molecule is Nc1nnc(Nc2c(F)cc(F)cc2Br)o1. The molecule has 3 N–H and O–H groups in total. The van der Waals surface area contributed by atoms with Gasteiger partial charge in [0.1, 0.15) is 5.82 Å². The van der Waals surface area contributed by atoms with Crippen LogP contribution in [-0.2, 0) is 0 Å². The van der Waals surface area contributed by atoms with E-state index in [1.165, 1.54) is 0 Å². The third-order valence-corrected chi connectivity index (χ3v) is 2.30. The normalized spacial score (nSPS) is 10.4. The van der Waals surface area contributed by atoms with E-state index >= 15 is 0 Å². The van der Waals surface area contributed by atoms with E-state index in [1.807, 2.05) is 0 Å². The number of halogens is 3. The molecule has 0 bridgehead atoms. The van der Waals surface area contributed by atoms with Crippen LogP contribution in [0.4, 0.5) is 26.5 Å². The van der Waals surface area contributed by atoms with Gasteiger partial charge in [-0.2, -0.15) is 0 Å². The summed E-state index contributed by atoms with van der Waals surface area (Å²) in [6.07, 6.45) is 0. The fraction of sp³-hybridized carbons (Fsp3) is 0. The van der Waals surface area contributed by atoms with Gasteiger partial charge in [-0.25, -0.2) is 8.78 Å². The van der Waals surface area contributed by atoms with E-state index < -0.39 is 11.6 Å². The number of anilines is 3. The smallest absolute Gasteiger partial charge is 0.321 e. The molecule has 0 saturated heterocycles. The lowest BCUT2D eigenvalue weighted by atomic mass is 10.3. The minimum absolute atomic E-state index is 0.00921. The molecule has 2 rings (SSSR count). The molecule has 0 saturated carbocycles. The van der Waals surface area contributed by atoms with Crippen LogP contribution in [0.15, 0.2) is 21.0 Å². The maximum absolute atomic E-state index is 13.4. The molecule has 5 nitrogen and oxygen atoms in total. The van der Waals surface area contributed by atoms with Gasteiger partial charge in [0.05, 0.1) is 5.69 Å². The summed E-state index contributed by atoms with van der Waals surface area (Å²) in [5, 5.41) is 9.34. The number of nitrogens with one attached hydrogen (secondary N) is 1. The van der Waals surface area contributed by atoms with E-state index in [0.29, 0.717) is 0 Å². The minimum Gasteiger partial charge on any atom is -0.389 e. The van der Waals surface area contributed by atoms with Crippen molar-refractivity contribution in [1.29, 1.82) is 0 Å². The molecule has 0 atom stereocenters. The van der Waals surface area contributed by atoms with Crippen LogP contribution < -0.4 is 11.1 Å². The molecule has 0 fully saturated rings. The molecule has 2 aromatic rings. The molecule has 0 spiro atoms. The van der Waals surface area contributed by atoms with E-state index in [2.05, 4.69) is 31.4 Å². The Morgan fingerprint density at radius 2 is 2.06 bits per heavy atom. The molecule has 0 amide bonds. The first-order chi connectivity index (χ1) is 7.56. The maximum Gasteiger partial charge on any atom is 0.321 e. The van der Waals surface area contributed by atoms with Crippen LogP contribution in [0.25, 0.3) is 0 Å². The van der Waals surface area contributed by atoms with Gasteiger partial charge >= 0.3 is 12.0 Å². The van der Waals surface area contributed by atoms with Crippen LogP contribution in [0, 0.1) is 11.6 Å². The first-order valence-electron chi connectivity index (χ1n) is 4.07. The van der Waals surface area contributed by atoms with Crippen molar-refractivity contribution in [3.63, 3.8) is 0 Å². The summed E-state index contributed by atoms with van der Waals surface area (Å²) in [6.45, 7) is 0. The van der Waals surface area contributed by atoms with Gasteiger partial charge in [-0.15, -0.1) is 0 Å². The van der Waals surface area contributed by atoms with Gasteiger partial charge in [0.2, 0.25) is 0 Å². The van der Waals surface area contributed by atoms with Gasteiger partial charge in [0, 0.05) is 10.5 Å². The van der Waals surface area contributed by atoms with Crippen molar-refractivity contribution >= 4 is 33.6 Å². The highest BCUT2D eigenvalue weighted by Crippen LogP contribution is 2.29. The van der Waals surface area contributed by atoms with E-state index in [0.717, 1.165) is 12.1 Å². The average Bonchev–Trinajstić information content (AvgIpc) is 2.58. The zero-order valence-electron chi connectivity index (χ0n) is 7.67. The summed E-state index contributed by atoms with van der Waals surface area (Å²) < 4.78 is 31.1. The van der Waals surface area contributed by atoms with Crippen LogP contribution in [0.2, 0.25) is 0 Å². The second-order valence-corrected chi connectivity index (χ2v) is 3.67. The Morgan fingerprint density at radius 3 is 2.62 bits per heavy atom. The first kappa shape index (κ1) is 10.8. The second-order valence-electron chi connectivity index (χ2n) is 2.81. The summed E-state index contributed by atoms with van der Waals surface area (Å²) in [6, 6.07) is 1.60. The standard InChI is InChI=1S/C8H5BrF2N4O/c9-4-1-3(10)2-5(11)6(4)13-8-15-14-7(12)16-8/h1-2H,(H2,12,14)(H,13,15). The predicted molar refractivity (Wildman–Crippen MR) is 56.1 cm³/mol. The molecule has 0 aliphatic rings. The fourth-order valence-electron chi connectivity index (χ4n) is 1.05. The highest BCUT2D eigenvalue weighted by molar-refractivity contribution is 9.10. The summed E-state index contributed by atoms with van der Waals surface area (Å²) in [4.78, 5) is 0. The molecular formula is C8H5BrF2N4O. The van der Waals surface area contributed by atoms with Gasteiger partial charge in [-0.1, -0.05) is 10.2 Å². The van der Waals surface area contributed by atoms with Crippen molar-refractivity contribution in [2.24, 2.45) is 0 Å². The Balaban J connectivity index is 2.34. The zero-order valence-corrected chi connectivity index (χ0v) is 9.25. The van der Waals surface area contributed by atoms with Gasteiger partial charge in [-0.3, -0.25) is 0 Å². The summed E-state index contributed by atoms with van der Waals surface area (Å²) in [7, 11) is 0. The number of hydrogen-bond donors (Lipinski definition) is 2. The molecule has 1 aromatic carbocycles. The molecule has 84 valence electrons. The summed E-state index contributed by atoms with van der Waals surface area (Å²) >= 11 is 3.00. The molecule has 16 heavy (non-hydrogen) atoms. The monoisotopic (exact) mass is 290 g/mol. The Hall–Kier alpha value is -1.70. The Morgan fingerprint density at radius 1 is 1.31 bits per heavy atom. The fourth-order valence-corrected chi connectivity index (χ4v) is 1.56. The highest BCUT2D eigenvalue weighted by Gasteiger charge is 2.12. The third-order valence-electron chi connectivity index (χ3n) is 1.68. The largest absolute Gasteiger partial charge is 0.389 e. The molecule has 8 heteroatoms. The van der Waals surface area contributed by atoms with Crippen LogP contribution in [-0.4, -0.2) is 10.2 Å². The number of nitrogen functional groups attached to an aromatic ring is 1. The number of hydrogen-bond acceptors (Lipinski definition) is 5. The molecule has 1 aromatic heterocycles. The molecule has 0 aliphatic carbocycles. The quantitative estimate of drug-likeness (QED) is 0.888. The Labute approximate surface area is 96.8 Å². The lowest BCUT2D eigenvalue weighted by molar-refractivity contribution is 0.576. The number of rotatable bonds is 2. The minimum atomic E-state index is -0.788. The van der Waals surface area contributed by atoms with Crippen molar-refractivity contribution in [1.82, 2.24) is 10.2 Å². The van der Waals surface area contributed by atoms with E-state index in [4.69, 9.17) is 10.2 Å². The van der Waals surface area contributed by atoms with Crippen molar-refractivity contribution < 1.29 is 13.2 Å². The Kier molecular flexibility index (Phi) is 2.73. The van der Waals surface area contributed by atoms with Crippen molar-refractivity contribution in [2.45, 2.75) is 0 Å². The third kappa shape index (κ3) is 2.11. The van der Waals surface area contributed by atoms with Gasteiger partial charge in [-0.05, 0) is 22.0 Å². The van der Waals surface area contributed by atoms with Crippen LogP contribution >= 0.6 is 15.9 Å². The second kappa shape index (κ2) is 4.05. The molecule has 1 heterocycles. The van der Waals surface area contributed by atoms with E-state index in [-0.39, 0.29) is 22.2 Å². The molecule has 0 aliphatic heterocycles.